The molecule has 1 spiro atoms. The lowest BCUT2D eigenvalue weighted by molar-refractivity contribution is -0.164. The number of nitrogens with zero attached hydrogens (tertiary/aromatic N) is 5. The van der Waals surface area contributed by atoms with Gasteiger partial charge in [-0.2, -0.15) is 0 Å². The summed E-state index contributed by atoms with van der Waals surface area (Å²) in [5.74, 6) is -2.54. The van der Waals surface area contributed by atoms with E-state index in [1.54, 1.807) is 21.9 Å². The Labute approximate surface area is 257 Å². The van der Waals surface area contributed by atoms with Gasteiger partial charge in [-0.1, -0.05) is 16.8 Å². The lowest BCUT2D eigenvalue weighted by Crippen LogP contribution is -2.53. The van der Waals surface area contributed by atoms with Gasteiger partial charge in [0.1, 0.15) is 29.9 Å². The monoisotopic (exact) mass is 637 g/mol. The number of benzene rings is 1. The maximum atomic E-state index is 14.7. The number of fused-ring (bicyclic) bond motifs is 1. The van der Waals surface area contributed by atoms with Gasteiger partial charge in [0, 0.05) is 43.7 Å². The van der Waals surface area contributed by atoms with E-state index in [4.69, 9.17) is 16.3 Å². The Kier molecular flexibility index (Phi) is 7.82. The number of hydrogen-bond donors (Lipinski definition) is 1. The Balaban J connectivity index is 1.39. The first-order valence-electron chi connectivity index (χ1n) is 14.9. The van der Waals surface area contributed by atoms with Crippen LogP contribution in [-0.2, 0) is 34.5 Å². The lowest BCUT2D eigenvalue weighted by Gasteiger charge is -2.45. The van der Waals surface area contributed by atoms with Crippen molar-refractivity contribution in [2.45, 2.75) is 77.1 Å². The molecule has 3 heterocycles. The van der Waals surface area contributed by atoms with Crippen molar-refractivity contribution in [2.75, 3.05) is 19.6 Å². The van der Waals surface area contributed by atoms with E-state index in [1.165, 1.54) is 14.0 Å². The molecule has 0 unspecified atom stereocenters. The molecule has 1 N–H and O–H groups in total. The van der Waals surface area contributed by atoms with E-state index < -0.39 is 41.8 Å². The molecule has 0 radical (unpaired) electrons. The van der Waals surface area contributed by atoms with E-state index in [2.05, 4.69) is 10.3 Å². The van der Waals surface area contributed by atoms with Crippen LogP contribution in [0.4, 0.5) is 13.2 Å². The van der Waals surface area contributed by atoms with Gasteiger partial charge in [-0.25, -0.2) is 17.9 Å². The predicted molar refractivity (Wildman–Crippen MR) is 151 cm³/mol. The van der Waals surface area contributed by atoms with Crippen LogP contribution in [-0.4, -0.2) is 73.5 Å². The smallest absolute Gasteiger partial charge is 0.310 e. The molecule has 4 atom stereocenters. The van der Waals surface area contributed by atoms with Crippen molar-refractivity contribution >= 4 is 29.4 Å². The van der Waals surface area contributed by atoms with Crippen molar-refractivity contribution in [3.8, 4) is 5.75 Å². The maximum Gasteiger partial charge on any atom is 0.310 e. The zero-order chi connectivity index (χ0) is 31.6. The highest BCUT2D eigenvalue weighted by Gasteiger charge is 2.54. The summed E-state index contributed by atoms with van der Waals surface area (Å²) in [6, 6.07) is 2.44. The quantitative estimate of drug-likeness (QED) is 0.448. The molecule has 6 rings (SSSR count). The van der Waals surface area contributed by atoms with Gasteiger partial charge in [-0.3, -0.25) is 14.4 Å². The number of hydrogen-bond acceptors (Lipinski definition) is 6. The number of likely N-dealkylation sites (tertiary alicyclic amines) is 1. The molecule has 10 nitrogen and oxygen atoms in total. The van der Waals surface area contributed by atoms with Crippen molar-refractivity contribution in [3.63, 3.8) is 0 Å². The molecule has 2 saturated carbocycles. The number of amides is 2. The summed E-state index contributed by atoms with van der Waals surface area (Å²) in [7, 11) is 1.36. The van der Waals surface area contributed by atoms with Gasteiger partial charge in [0.2, 0.25) is 11.8 Å². The topological polar surface area (TPSA) is 118 Å². The molecule has 2 aromatic rings. The summed E-state index contributed by atoms with van der Waals surface area (Å²) in [6.07, 6.45) is -1.67. The molecule has 2 amide bonds. The first-order chi connectivity index (χ1) is 20.8. The van der Waals surface area contributed by atoms with Gasteiger partial charge in [0.05, 0.1) is 17.4 Å². The summed E-state index contributed by atoms with van der Waals surface area (Å²) in [5, 5.41) is 18.1. The van der Waals surface area contributed by atoms with Gasteiger partial charge in [-0.05, 0) is 68.6 Å². The van der Waals surface area contributed by atoms with E-state index >= 15 is 0 Å². The standard InChI is InChI=1S/C30H35ClF3N5O5/c1-29(28(42)43)7-5-16(32)11-18(29)27(41)39-10-6-17-19(31)3-4-22(44-14-20-25(26(33)34)37(2)36-35-20)24(17)21(39)13-38-15-30(8-9-30)12-23(38)40/h3-4,16,18,21,26H,5-15H2,1-2H3,(H,42,43)/t16-,18-,21+,29-/m0/s1. The number of carboxylic acids is 1. The second-order valence-electron chi connectivity index (χ2n) is 13.0. The molecule has 14 heteroatoms. The van der Waals surface area contributed by atoms with E-state index in [1.807, 2.05) is 0 Å². The zero-order valence-electron chi connectivity index (χ0n) is 24.6. The number of carbonyl (C=O) groups excluding carboxylic acids is 2. The molecule has 2 aliphatic carbocycles. The third-order valence-corrected chi connectivity index (χ3v) is 10.5. The second-order valence-corrected chi connectivity index (χ2v) is 13.4. The van der Waals surface area contributed by atoms with Crippen LogP contribution >= 0.6 is 11.6 Å². The Morgan fingerprint density at radius 2 is 2.00 bits per heavy atom. The van der Waals surface area contributed by atoms with Crippen LogP contribution in [0, 0.1) is 16.7 Å². The molecule has 0 bridgehead atoms. The zero-order valence-corrected chi connectivity index (χ0v) is 25.3. The van der Waals surface area contributed by atoms with Crippen LogP contribution in [0.2, 0.25) is 5.02 Å². The minimum Gasteiger partial charge on any atom is -0.487 e. The summed E-state index contributed by atoms with van der Waals surface area (Å²) >= 11 is 6.66. The van der Waals surface area contributed by atoms with Gasteiger partial charge in [0.25, 0.3) is 6.43 Å². The molecule has 2 aliphatic heterocycles. The molecule has 1 aromatic carbocycles. The molecule has 4 aliphatic rings. The minimum atomic E-state index is -2.83. The molecule has 44 heavy (non-hydrogen) atoms. The predicted octanol–water partition coefficient (Wildman–Crippen LogP) is 4.65. The van der Waals surface area contributed by atoms with Crippen molar-refractivity contribution < 1.29 is 37.4 Å². The SMILES string of the molecule is Cn1nnc(COc2ccc(Cl)c3c2[C@@H](CN2CC4(CC4)CC2=O)N(C(=O)[C@@H]2C[C@@H](F)CC[C@]2(C)C(=O)O)CC3)c1C(F)F. The van der Waals surface area contributed by atoms with Crippen molar-refractivity contribution in [1.29, 1.82) is 0 Å². The van der Waals surface area contributed by atoms with Crippen molar-refractivity contribution in [3.05, 3.63) is 39.7 Å². The van der Waals surface area contributed by atoms with Crippen LogP contribution in [0.25, 0.3) is 0 Å². The number of aliphatic carboxylic acids is 1. The van der Waals surface area contributed by atoms with Gasteiger partial charge < -0.3 is 19.6 Å². The molecule has 1 saturated heterocycles. The van der Waals surface area contributed by atoms with Gasteiger partial charge in [0.15, 0.2) is 0 Å². The van der Waals surface area contributed by atoms with Crippen LogP contribution in [0.5, 0.6) is 5.75 Å². The van der Waals surface area contributed by atoms with Gasteiger partial charge >= 0.3 is 5.97 Å². The average Bonchev–Trinajstić information content (AvgIpc) is 3.51. The fraction of sp³-hybridized carbons (Fsp3) is 0.633. The Hall–Kier alpha value is -3.35. The largest absolute Gasteiger partial charge is 0.487 e. The molecule has 1 aromatic heterocycles. The van der Waals surface area contributed by atoms with Crippen LogP contribution in [0.15, 0.2) is 12.1 Å². The van der Waals surface area contributed by atoms with Crippen LogP contribution < -0.4 is 4.74 Å². The van der Waals surface area contributed by atoms with E-state index in [9.17, 15) is 32.7 Å². The average molecular weight is 638 g/mol. The van der Waals surface area contributed by atoms with E-state index in [0.717, 1.165) is 17.5 Å². The highest BCUT2D eigenvalue weighted by Crippen LogP contribution is 2.54. The number of carboxylic acid groups (broad SMARTS) is 1. The normalized spacial score (nSPS) is 27.6. The fourth-order valence-corrected chi connectivity index (χ4v) is 7.50. The number of aryl methyl sites for hydroxylation is 1. The number of ether oxygens (including phenoxy) is 1. The number of alkyl halides is 3. The molecule has 3 fully saturated rings. The molecular formula is C30H35ClF3N5O5. The number of carbonyl (C=O) groups is 3. The Bertz CT molecular complexity index is 1500. The summed E-state index contributed by atoms with van der Waals surface area (Å²) < 4.78 is 49.2. The molecule has 238 valence electrons. The van der Waals surface area contributed by atoms with Crippen molar-refractivity contribution in [1.82, 2.24) is 24.8 Å². The highest BCUT2D eigenvalue weighted by atomic mass is 35.5. The first kappa shape index (κ1) is 30.7. The van der Waals surface area contributed by atoms with E-state index in [0.29, 0.717) is 35.5 Å². The summed E-state index contributed by atoms with van der Waals surface area (Å²) in [5.41, 5.74) is -0.741. The lowest BCUT2D eigenvalue weighted by atomic mass is 9.66. The van der Waals surface area contributed by atoms with E-state index in [-0.39, 0.29) is 67.4 Å². The third kappa shape index (κ3) is 5.30. The highest BCUT2D eigenvalue weighted by molar-refractivity contribution is 6.31. The summed E-state index contributed by atoms with van der Waals surface area (Å²) in [4.78, 5) is 43.2. The van der Waals surface area contributed by atoms with Gasteiger partial charge in [-0.15, -0.1) is 5.10 Å². The Morgan fingerprint density at radius 3 is 2.66 bits per heavy atom. The number of halogens is 4. The third-order valence-electron chi connectivity index (χ3n) is 10.1. The summed E-state index contributed by atoms with van der Waals surface area (Å²) in [6.45, 7) is 1.98. The Morgan fingerprint density at radius 1 is 1.25 bits per heavy atom. The number of aromatic nitrogens is 3. The molecular weight excluding hydrogens is 603 g/mol. The maximum absolute atomic E-state index is 14.7. The van der Waals surface area contributed by atoms with Crippen LogP contribution in [0.1, 0.15) is 80.4 Å². The van der Waals surface area contributed by atoms with Crippen molar-refractivity contribution in [2.24, 2.45) is 23.8 Å². The van der Waals surface area contributed by atoms with Crippen LogP contribution in [0.3, 0.4) is 0 Å². The number of rotatable bonds is 8. The fourth-order valence-electron chi connectivity index (χ4n) is 7.25. The second kappa shape index (κ2) is 11.2. The first-order valence-corrected chi connectivity index (χ1v) is 15.3. The minimum absolute atomic E-state index is 0.0207.